The zero-order valence-electron chi connectivity index (χ0n) is 11.0. The summed E-state index contributed by atoms with van der Waals surface area (Å²) in [4.78, 5) is 14.1. The molecular weight excluding hydrogens is 220 g/mol. The van der Waals surface area contributed by atoms with Gasteiger partial charge in [0.2, 0.25) is 0 Å². The molecule has 0 bridgehead atoms. The van der Waals surface area contributed by atoms with Crippen LogP contribution in [0.2, 0.25) is 0 Å². The smallest absolute Gasteiger partial charge is 0.325 e. The van der Waals surface area contributed by atoms with E-state index in [-0.39, 0.29) is 18.6 Å². The van der Waals surface area contributed by atoms with Gasteiger partial charge >= 0.3 is 5.97 Å². The molecule has 5 heteroatoms. The van der Waals surface area contributed by atoms with Crippen molar-refractivity contribution < 1.29 is 14.6 Å². The van der Waals surface area contributed by atoms with Gasteiger partial charge in [-0.05, 0) is 27.2 Å². The van der Waals surface area contributed by atoms with E-state index in [4.69, 9.17) is 9.84 Å². The van der Waals surface area contributed by atoms with Crippen molar-refractivity contribution in [2.24, 2.45) is 0 Å². The molecule has 0 aromatic carbocycles. The Hall–Kier alpha value is -0.650. The van der Waals surface area contributed by atoms with E-state index >= 15 is 0 Å². The molecule has 0 aliphatic carbocycles. The normalized spacial score (nSPS) is 22.5. The summed E-state index contributed by atoms with van der Waals surface area (Å²) in [5.41, 5.74) is -0.447. The second-order valence-corrected chi connectivity index (χ2v) is 5.37. The molecule has 1 atom stereocenters. The third kappa shape index (κ3) is 5.02. The lowest BCUT2D eigenvalue weighted by molar-refractivity contribution is -0.162. The Morgan fingerprint density at radius 3 is 2.82 bits per heavy atom. The minimum absolute atomic E-state index is 0.158. The lowest BCUT2D eigenvalue weighted by Crippen LogP contribution is -2.56. The fraction of sp³-hybridized carbons (Fsp3) is 0.917. The molecule has 1 unspecified atom stereocenters. The van der Waals surface area contributed by atoms with Crippen molar-refractivity contribution in [2.75, 3.05) is 32.8 Å². The molecule has 100 valence electrons. The van der Waals surface area contributed by atoms with Crippen LogP contribution in [0.5, 0.6) is 0 Å². The van der Waals surface area contributed by atoms with Crippen LogP contribution in [0, 0.1) is 0 Å². The van der Waals surface area contributed by atoms with Crippen molar-refractivity contribution in [3.05, 3.63) is 0 Å². The number of hydrogen-bond acceptors (Lipinski definition) is 5. The van der Waals surface area contributed by atoms with Crippen LogP contribution < -0.4 is 5.32 Å². The average molecular weight is 244 g/mol. The lowest BCUT2D eigenvalue weighted by atomic mass is 10.1. The number of hydrogen-bond donors (Lipinski definition) is 2. The maximum absolute atomic E-state index is 12.0. The summed E-state index contributed by atoms with van der Waals surface area (Å²) in [7, 11) is 0. The molecule has 1 rings (SSSR count). The maximum atomic E-state index is 12.0. The van der Waals surface area contributed by atoms with Crippen molar-refractivity contribution in [3.8, 4) is 0 Å². The largest absolute Gasteiger partial charge is 0.459 e. The van der Waals surface area contributed by atoms with E-state index in [1.54, 1.807) is 0 Å². The summed E-state index contributed by atoms with van der Waals surface area (Å²) < 4.78 is 5.40. The van der Waals surface area contributed by atoms with Gasteiger partial charge in [-0.3, -0.25) is 9.69 Å². The van der Waals surface area contributed by atoms with E-state index < -0.39 is 5.60 Å². The van der Waals surface area contributed by atoms with Gasteiger partial charge in [-0.1, -0.05) is 0 Å². The molecule has 0 saturated carbocycles. The van der Waals surface area contributed by atoms with Gasteiger partial charge < -0.3 is 15.2 Å². The molecule has 17 heavy (non-hydrogen) atoms. The highest BCUT2D eigenvalue weighted by Crippen LogP contribution is 2.13. The standard InChI is InChI=1S/C12H24N2O3/c1-12(2,3)17-11(16)10-9-13-5-7-14(10)6-4-8-15/h10,13,15H,4-9H2,1-3H3. The molecule has 1 heterocycles. The van der Waals surface area contributed by atoms with Crippen LogP contribution in [0.25, 0.3) is 0 Å². The summed E-state index contributed by atoms with van der Waals surface area (Å²) in [5.74, 6) is -0.178. The van der Waals surface area contributed by atoms with E-state index in [2.05, 4.69) is 10.2 Å². The first-order valence-electron chi connectivity index (χ1n) is 6.22. The second kappa shape index (κ2) is 6.33. The minimum Gasteiger partial charge on any atom is -0.459 e. The van der Waals surface area contributed by atoms with Gasteiger partial charge in [0.15, 0.2) is 0 Å². The summed E-state index contributed by atoms with van der Waals surface area (Å²) in [6.07, 6.45) is 0.694. The first kappa shape index (κ1) is 14.4. The van der Waals surface area contributed by atoms with Crippen LogP contribution in [0.15, 0.2) is 0 Å². The Balaban J connectivity index is 2.54. The van der Waals surface area contributed by atoms with E-state index in [1.807, 2.05) is 20.8 Å². The molecule has 0 aromatic rings. The van der Waals surface area contributed by atoms with Crippen LogP contribution in [0.4, 0.5) is 0 Å². The monoisotopic (exact) mass is 244 g/mol. The van der Waals surface area contributed by atoms with Crippen LogP contribution in [0.3, 0.4) is 0 Å². The number of carbonyl (C=O) groups is 1. The highest BCUT2D eigenvalue weighted by molar-refractivity contribution is 5.76. The van der Waals surface area contributed by atoms with Gasteiger partial charge in [0.25, 0.3) is 0 Å². The predicted octanol–water partition coefficient (Wildman–Crippen LogP) is -0.0157. The predicted molar refractivity (Wildman–Crippen MR) is 65.8 cm³/mol. The Kier molecular flexibility index (Phi) is 5.36. The fourth-order valence-electron chi connectivity index (χ4n) is 1.89. The van der Waals surface area contributed by atoms with Crippen molar-refractivity contribution >= 4 is 5.97 Å². The zero-order chi connectivity index (χ0) is 12.9. The SMILES string of the molecule is CC(C)(C)OC(=O)C1CNCCN1CCCO. The van der Waals surface area contributed by atoms with Crippen LogP contribution >= 0.6 is 0 Å². The zero-order valence-corrected chi connectivity index (χ0v) is 11.0. The number of nitrogens with zero attached hydrogens (tertiary/aromatic N) is 1. The quantitative estimate of drug-likeness (QED) is 0.681. The molecule has 1 saturated heterocycles. The number of carbonyl (C=O) groups excluding carboxylic acids is 1. The second-order valence-electron chi connectivity index (χ2n) is 5.37. The summed E-state index contributed by atoms with van der Waals surface area (Å²) >= 11 is 0. The van der Waals surface area contributed by atoms with Gasteiger partial charge in [-0.15, -0.1) is 0 Å². The number of nitrogens with one attached hydrogen (secondary N) is 1. The average Bonchev–Trinajstić information content (AvgIpc) is 2.24. The Bertz CT molecular complexity index is 251. The Labute approximate surface area is 103 Å². The summed E-state index contributed by atoms with van der Waals surface area (Å²) in [6.45, 7) is 8.85. The number of aliphatic hydroxyl groups excluding tert-OH is 1. The topological polar surface area (TPSA) is 61.8 Å². The third-order valence-corrected chi connectivity index (χ3v) is 2.64. The molecule has 1 fully saturated rings. The molecule has 0 radical (unpaired) electrons. The van der Waals surface area contributed by atoms with E-state index in [0.29, 0.717) is 13.0 Å². The molecule has 0 aromatic heterocycles. The highest BCUT2D eigenvalue weighted by atomic mass is 16.6. The molecular formula is C12H24N2O3. The maximum Gasteiger partial charge on any atom is 0.325 e. The number of aliphatic hydroxyl groups is 1. The van der Waals surface area contributed by atoms with Gasteiger partial charge in [0.1, 0.15) is 11.6 Å². The molecule has 1 aliphatic heterocycles. The third-order valence-electron chi connectivity index (χ3n) is 2.64. The van der Waals surface area contributed by atoms with Gasteiger partial charge in [0.05, 0.1) is 0 Å². The minimum atomic E-state index is -0.447. The first-order valence-corrected chi connectivity index (χ1v) is 6.22. The van der Waals surface area contributed by atoms with Gasteiger partial charge in [-0.2, -0.15) is 0 Å². The number of piperazine rings is 1. The lowest BCUT2D eigenvalue weighted by Gasteiger charge is -2.35. The van der Waals surface area contributed by atoms with Crippen molar-refractivity contribution in [2.45, 2.75) is 38.8 Å². The van der Waals surface area contributed by atoms with E-state index in [0.717, 1.165) is 19.6 Å². The van der Waals surface area contributed by atoms with E-state index in [9.17, 15) is 4.79 Å². The van der Waals surface area contributed by atoms with Gasteiger partial charge in [-0.25, -0.2) is 0 Å². The Morgan fingerprint density at radius 2 is 2.24 bits per heavy atom. The molecule has 0 spiro atoms. The van der Waals surface area contributed by atoms with Crippen LogP contribution in [-0.2, 0) is 9.53 Å². The van der Waals surface area contributed by atoms with Crippen molar-refractivity contribution in [1.82, 2.24) is 10.2 Å². The summed E-state index contributed by atoms with van der Waals surface area (Å²) in [5, 5.41) is 12.1. The number of rotatable bonds is 4. The molecule has 0 amide bonds. The fourth-order valence-corrected chi connectivity index (χ4v) is 1.89. The number of ether oxygens (including phenoxy) is 1. The Morgan fingerprint density at radius 1 is 1.53 bits per heavy atom. The van der Waals surface area contributed by atoms with E-state index in [1.165, 1.54) is 0 Å². The van der Waals surface area contributed by atoms with Crippen molar-refractivity contribution in [1.29, 1.82) is 0 Å². The molecule has 5 nitrogen and oxygen atoms in total. The molecule has 1 aliphatic rings. The van der Waals surface area contributed by atoms with Crippen molar-refractivity contribution in [3.63, 3.8) is 0 Å². The number of esters is 1. The van der Waals surface area contributed by atoms with Crippen LogP contribution in [0.1, 0.15) is 27.2 Å². The van der Waals surface area contributed by atoms with Crippen LogP contribution in [-0.4, -0.2) is 60.4 Å². The first-order chi connectivity index (χ1) is 7.94. The highest BCUT2D eigenvalue weighted by Gasteiger charge is 2.31. The summed E-state index contributed by atoms with van der Waals surface area (Å²) in [6, 6.07) is -0.227. The molecule has 2 N–H and O–H groups in total. The van der Waals surface area contributed by atoms with Gasteiger partial charge in [0, 0.05) is 32.8 Å².